The molecule has 2 aromatic rings. The lowest BCUT2D eigenvalue weighted by molar-refractivity contribution is -0.137. The van der Waals surface area contributed by atoms with E-state index < -0.39 is 11.7 Å². The second-order valence-electron chi connectivity index (χ2n) is 6.80. The maximum atomic E-state index is 12.7. The van der Waals surface area contributed by atoms with E-state index >= 15 is 0 Å². The molecule has 0 radical (unpaired) electrons. The number of alkyl halides is 3. The van der Waals surface area contributed by atoms with E-state index in [1.165, 1.54) is 12.1 Å². The number of anilines is 1. The number of hydrogen-bond acceptors (Lipinski definition) is 4. The van der Waals surface area contributed by atoms with E-state index in [0.717, 1.165) is 56.2 Å². The zero-order valence-corrected chi connectivity index (χ0v) is 16.0. The monoisotopic (exact) mass is 407 g/mol. The molecule has 0 spiro atoms. The van der Waals surface area contributed by atoms with Crippen molar-refractivity contribution in [1.29, 1.82) is 0 Å². The van der Waals surface area contributed by atoms with Crippen LogP contribution in [0.15, 0.2) is 48.7 Å². The minimum absolute atomic E-state index is 0.237. The fourth-order valence-electron chi connectivity index (χ4n) is 3.15. The van der Waals surface area contributed by atoms with Gasteiger partial charge in [0, 0.05) is 51.2 Å². The number of carbonyl (C=O) groups excluding carboxylic acids is 1. The van der Waals surface area contributed by atoms with Gasteiger partial charge in [-0.3, -0.25) is 9.88 Å². The van der Waals surface area contributed by atoms with Crippen LogP contribution in [0.5, 0.6) is 0 Å². The molecule has 156 valence electrons. The lowest BCUT2D eigenvalue weighted by Crippen LogP contribution is -2.49. The standard InChI is InChI=1S/C20H24F3N5O/c21-20(22,23)16-4-6-18(7-5-16)28-13-11-27(12-14-28)10-9-25-19(29)26-15-17-3-1-2-8-24-17/h1-8H,9-15H2,(H2,25,26,29). The molecule has 2 heterocycles. The van der Waals surface area contributed by atoms with Gasteiger partial charge in [-0.15, -0.1) is 0 Å². The molecule has 2 N–H and O–H groups in total. The highest BCUT2D eigenvalue weighted by Crippen LogP contribution is 2.30. The number of amides is 2. The molecule has 0 aliphatic carbocycles. The van der Waals surface area contributed by atoms with Crippen LogP contribution in [-0.4, -0.2) is 55.2 Å². The molecule has 6 nitrogen and oxygen atoms in total. The number of rotatable bonds is 6. The quantitative estimate of drug-likeness (QED) is 0.773. The number of pyridine rings is 1. The van der Waals surface area contributed by atoms with Crippen molar-refractivity contribution < 1.29 is 18.0 Å². The fourth-order valence-corrected chi connectivity index (χ4v) is 3.15. The minimum Gasteiger partial charge on any atom is -0.369 e. The number of benzene rings is 1. The Labute approximate surface area is 167 Å². The molecule has 2 amide bonds. The number of piperazine rings is 1. The van der Waals surface area contributed by atoms with E-state index in [4.69, 9.17) is 0 Å². The van der Waals surface area contributed by atoms with Gasteiger partial charge in [0.25, 0.3) is 0 Å². The number of halogens is 3. The Hall–Kier alpha value is -2.81. The first-order chi connectivity index (χ1) is 13.9. The third-order valence-electron chi connectivity index (χ3n) is 4.80. The fraction of sp³-hybridized carbons (Fsp3) is 0.400. The third-order valence-corrected chi connectivity index (χ3v) is 4.80. The maximum Gasteiger partial charge on any atom is 0.416 e. The van der Waals surface area contributed by atoms with E-state index in [2.05, 4.69) is 25.4 Å². The van der Waals surface area contributed by atoms with Gasteiger partial charge in [0.05, 0.1) is 17.8 Å². The van der Waals surface area contributed by atoms with Crippen LogP contribution in [-0.2, 0) is 12.7 Å². The molecule has 1 aromatic carbocycles. The highest BCUT2D eigenvalue weighted by Gasteiger charge is 2.30. The molecular formula is C20H24F3N5O. The van der Waals surface area contributed by atoms with Crippen LogP contribution in [0.2, 0.25) is 0 Å². The Balaban J connectivity index is 1.34. The second kappa shape index (κ2) is 9.60. The van der Waals surface area contributed by atoms with Crippen molar-refractivity contribution in [2.75, 3.05) is 44.2 Å². The number of hydrogen-bond donors (Lipinski definition) is 2. The van der Waals surface area contributed by atoms with E-state index in [1.54, 1.807) is 6.20 Å². The Bertz CT molecular complexity index is 775. The molecule has 3 rings (SSSR count). The summed E-state index contributed by atoms with van der Waals surface area (Å²) in [6, 6.07) is 10.6. The molecule has 1 fully saturated rings. The van der Waals surface area contributed by atoms with Gasteiger partial charge in [0.2, 0.25) is 0 Å². The number of nitrogens with one attached hydrogen (secondary N) is 2. The van der Waals surface area contributed by atoms with Crippen molar-refractivity contribution in [2.45, 2.75) is 12.7 Å². The molecule has 0 atom stereocenters. The van der Waals surface area contributed by atoms with Crippen molar-refractivity contribution in [3.8, 4) is 0 Å². The number of carbonyl (C=O) groups is 1. The summed E-state index contributed by atoms with van der Waals surface area (Å²) in [4.78, 5) is 20.3. The number of urea groups is 1. The first-order valence-electron chi connectivity index (χ1n) is 9.48. The molecule has 1 saturated heterocycles. The maximum absolute atomic E-state index is 12.7. The SMILES string of the molecule is O=C(NCCN1CCN(c2ccc(C(F)(F)F)cc2)CC1)NCc1ccccn1. The Morgan fingerprint density at radius 2 is 1.72 bits per heavy atom. The summed E-state index contributed by atoms with van der Waals surface area (Å²) < 4.78 is 38.0. The van der Waals surface area contributed by atoms with Crippen LogP contribution < -0.4 is 15.5 Å². The highest BCUT2D eigenvalue weighted by atomic mass is 19.4. The van der Waals surface area contributed by atoms with Crippen LogP contribution in [0.25, 0.3) is 0 Å². The summed E-state index contributed by atoms with van der Waals surface area (Å²) in [7, 11) is 0. The van der Waals surface area contributed by atoms with Crippen molar-refractivity contribution in [2.24, 2.45) is 0 Å². The third kappa shape index (κ3) is 6.35. The molecule has 0 bridgehead atoms. The van der Waals surface area contributed by atoms with Crippen LogP contribution in [0, 0.1) is 0 Å². The largest absolute Gasteiger partial charge is 0.416 e. The molecule has 29 heavy (non-hydrogen) atoms. The van der Waals surface area contributed by atoms with Crippen molar-refractivity contribution in [3.63, 3.8) is 0 Å². The predicted octanol–water partition coefficient (Wildman–Crippen LogP) is 2.72. The Morgan fingerprint density at radius 3 is 2.34 bits per heavy atom. The summed E-state index contributed by atoms with van der Waals surface area (Å²) in [6.45, 7) is 4.66. The summed E-state index contributed by atoms with van der Waals surface area (Å²) in [5, 5.41) is 5.58. The van der Waals surface area contributed by atoms with Crippen LogP contribution in [0.1, 0.15) is 11.3 Å². The van der Waals surface area contributed by atoms with Gasteiger partial charge < -0.3 is 15.5 Å². The van der Waals surface area contributed by atoms with Crippen LogP contribution >= 0.6 is 0 Å². The van der Waals surface area contributed by atoms with Crippen molar-refractivity contribution in [1.82, 2.24) is 20.5 Å². The molecule has 0 unspecified atom stereocenters. The summed E-state index contributed by atoms with van der Waals surface area (Å²) in [5.41, 5.74) is 0.957. The van der Waals surface area contributed by atoms with Crippen molar-refractivity contribution in [3.05, 3.63) is 59.9 Å². The van der Waals surface area contributed by atoms with Gasteiger partial charge in [-0.25, -0.2) is 4.79 Å². The summed E-state index contributed by atoms with van der Waals surface area (Å²) in [5.74, 6) is 0. The number of aromatic nitrogens is 1. The van der Waals surface area contributed by atoms with Gasteiger partial charge in [-0.2, -0.15) is 13.2 Å². The van der Waals surface area contributed by atoms with Crippen LogP contribution in [0.4, 0.5) is 23.7 Å². The zero-order chi connectivity index (χ0) is 20.7. The first kappa shape index (κ1) is 20.9. The normalized spacial score (nSPS) is 15.2. The average Bonchev–Trinajstić information content (AvgIpc) is 2.73. The first-order valence-corrected chi connectivity index (χ1v) is 9.48. The zero-order valence-electron chi connectivity index (χ0n) is 16.0. The lowest BCUT2D eigenvalue weighted by atomic mass is 10.1. The van der Waals surface area contributed by atoms with Gasteiger partial charge in [-0.1, -0.05) is 6.07 Å². The van der Waals surface area contributed by atoms with Gasteiger partial charge >= 0.3 is 12.2 Å². The Morgan fingerprint density at radius 1 is 1.00 bits per heavy atom. The molecule has 9 heteroatoms. The summed E-state index contributed by atoms with van der Waals surface area (Å²) >= 11 is 0. The van der Waals surface area contributed by atoms with Gasteiger partial charge in [-0.05, 0) is 36.4 Å². The molecule has 1 aliphatic rings. The van der Waals surface area contributed by atoms with Crippen LogP contribution in [0.3, 0.4) is 0 Å². The molecule has 1 aromatic heterocycles. The Kier molecular flexibility index (Phi) is 6.92. The minimum atomic E-state index is -4.31. The molecule has 1 aliphatic heterocycles. The van der Waals surface area contributed by atoms with E-state index in [-0.39, 0.29) is 6.03 Å². The predicted molar refractivity (Wildman–Crippen MR) is 105 cm³/mol. The average molecular weight is 407 g/mol. The smallest absolute Gasteiger partial charge is 0.369 e. The highest BCUT2D eigenvalue weighted by molar-refractivity contribution is 5.73. The van der Waals surface area contributed by atoms with E-state index in [9.17, 15) is 18.0 Å². The van der Waals surface area contributed by atoms with Crippen molar-refractivity contribution >= 4 is 11.7 Å². The lowest BCUT2D eigenvalue weighted by Gasteiger charge is -2.36. The summed E-state index contributed by atoms with van der Waals surface area (Å²) in [6.07, 6.45) is -2.63. The van der Waals surface area contributed by atoms with Gasteiger partial charge in [0.1, 0.15) is 0 Å². The van der Waals surface area contributed by atoms with E-state index in [1.807, 2.05) is 18.2 Å². The van der Waals surface area contributed by atoms with Gasteiger partial charge in [0.15, 0.2) is 0 Å². The topological polar surface area (TPSA) is 60.5 Å². The molecular weight excluding hydrogens is 383 g/mol. The van der Waals surface area contributed by atoms with E-state index in [0.29, 0.717) is 13.1 Å². The molecule has 0 saturated carbocycles. The second-order valence-corrected chi connectivity index (χ2v) is 6.80. The number of nitrogens with zero attached hydrogens (tertiary/aromatic N) is 3.